The molecule has 1 aromatic rings. The van der Waals surface area contributed by atoms with Gasteiger partial charge < -0.3 is 4.90 Å². The third-order valence-corrected chi connectivity index (χ3v) is 3.97. The Bertz CT molecular complexity index is 422. The first-order chi connectivity index (χ1) is 8.58. The van der Waals surface area contributed by atoms with E-state index in [1.165, 1.54) is 0 Å². The number of amides is 1. The van der Waals surface area contributed by atoms with Crippen LogP contribution in [-0.4, -0.2) is 41.9 Å². The van der Waals surface area contributed by atoms with Crippen LogP contribution in [0, 0.1) is 0 Å². The molecule has 2 rings (SSSR count). The van der Waals surface area contributed by atoms with Gasteiger partial charge in [-0.25, -0.2) is 0 Å². The minimum absolute atomic E-state index is 0.144. The van der Waals surface area contributed by atoms with E-state index in [4.69, 9.17) is 23.2 Å². The summed E-state index contributed by atoms with van der Waals surface area (Å²) < 4.78 is 0. The summed E-state index contributed by atoms with van der Waals surface area (Å²) >= 11 is 12.3. The van der Waals surface area contributed by atoms with Gasteiger partial charge in [0.2, 0.25) is 5.91 Å². The molecule has 0 radical (unpaired) electrons. The highest BCUT2D eigenvalue weighted by Crippen LogP contribution is 2.25. The summed E-state index contributed by atoms with van der Waals surface area (Å²) in [5.74, 6) is 0.144. The van der Waals surface area contributed by atoms with E-state index < -0.39 is 0 Å². The quantitative estimate of drug-likeness (QED) is 0.835. The standard InChI is InChI=1S/C13H16Cl2N2O/c1-10(18)17-7-5-16(6-8-17)9-11-12(14)3-2-4-13(11)15/h2-4H,5-9H2,1H3. The maximum atomic E-state index is 11.2. The highest BCUT2D eigenvalue weighted by Gasteiger charge is 2.19. The number of benzene rings is 1. The van der Waals surface area contributed by atoms with E-state index in [1.807, 2.05) is 23.1 Å². The molecule has 1 amide bonds. The third-order valence-electron chi connectivity index (χ3n) is 3.26. The van der Waals surface area contributed by atoms with Gasteiger partial charge in [0.05, 0.1) is 0 Å². The number of piperazine rings is 1. The van der Waals surface area contributed by atoms with Crippen molar-refractivity contribution >= 4 is 29.1 Å². The van der Waals surface area contributed by atoms with Crippen molar-refractivity contribution < 1.29 is 4.79 Å². The largest absolute Gasteiger partial charge is 0.340 e. The Morgan fingerprint density at radius 3 is 2.22 bits per heavy atom. The maximum absolute atomic E-state index is 11.2. The van der Waals surface area contributed by atoms with Gasteiger partial charge in [0.1, 0.15) is 0 Å². The molecule has 0 atom stereocenters. The molecule has 18 heavy (non-hydrogen) atoms. The fourth-order valence-corrected chi connectivity index (χ4v) is 2.64. The lowest BCUT2D eigenvalue weighted by molar-refractivity contribution is -0.130. The lowest BCUT2D eigenvalue weighted by atomic mass is 10.2. The number of hydrogen-bond acceptors (Lipinski definition) is 2. The predicted molar refractivity (Wildman–Crippen MR) is 74.0 cm³/mol. The van der Waals surface area contributed by atoms with E-state index in [1.54, 1.807) is 6.92 Å². The lowest BCUT2D eigenvalue weighted by Gasteiger charge is -2.34. The molecular formula is C13H16Cl2N2O. The van der Waals surface area contributed by atoms with E-state index in [0.717, 1.165) is 38.3 Å². The molecule has 3 nitrogen and oxygen atoms in total. The van der Waals surface area contributed by atoms with Crippen LogP contribution in [0.25, 0.3) is 0 Å². The third kappa shape index (κ3) is 3.16. The zero-order valence-corrected chi connectivity index (χ0v) is 11.8. The Morgan fingerprint density at radius 1 is 1.17 bits per heavy atom. The minimum atomic E-state index is 0.144. The molecule has 5 heteroatoms. The Labute approximate surface area is 117 Å². The number of nitrogens with zero attached hydrogens (tertiary/aromatic N) is 2. The zero-order chi connectivity index (χ0) is 13.1. The topological polar surface area (TPSA) is 23.6 Å². The number of carbonyl (C=O) groups is 1. The van der Waals surface area contributed by atoms with Gasteiger partial charge in [0.25, 0.3) is 0 Å². The Balaban J connectivity index is 1.98. The van der Waals surface area contributed by atoms with Crippen molar-refractivity contribution in [2.75, 3.05) is 26.2 Å². The monoisotopic (exact) mass is 286 g/mol. The summed E-state index contributed by atoms with van der Waals surface area (Å²) in [4.78, 5) is 15.4. The fourth-order valence-electron chi connectivity index (χ4n) is 2.13. The number of rotatable bonds is 2. The van der Waals surface area contributed by atoms with E-state index in [2.05, 4.69) is 4.90 Å². The van der Waals surface area contributed by atoms with Gasteiger partial charge in [-0.2, -0.15) is 0 Å². The summed E-state index contributed by atoms with van der Waals surface area (Å²) in [7, 11) is 0. The van der Waals surface area contributed by atoms with Crippen molar-refractivity contribution in [1.82, 2.24) is 9.80 Å². The van der Waals surface area contributed by atoms with E-state index in [-0.39, 0.29) is 5.91 Å². The molecule has 1 aromatic carbocycles. The molecule has 0 bridgehead atoms. The Morgan fingerprint density at radius 2 is 1.72 bits per heavy atom. The van der Waals surface area contributed by atoms with Gasteiger partial charge in [-0.15, -0.1) is 0 Å². The number of carbonyl (C=O) groups excluding carboxylic acids is 1. The van der Waals surface area contributed by atoms with Gasteiger partial charge in [-0.05, 0) is 12.1 Å². The molecule has 1 fully saturated rings. The van der Waals surface area contributed by atoms with Crippen LogP contribution in [0.1, 0.15) is 12.5 Å². The summed E-state index contributed by atoms with van der Waals surface area (Å²) in [6, 6.07) is 5.56. The van der Waals surface area contributed by atoms with Crippen LogP contribution in [0.15, 0.2) is 18.2 Å². The first-order valence-corrected chi connectivity index (χ1v) is 6.74. The maximum Gasteiger partial charge on any atom is 0.219 e. The van der Waals surface area contributed by atoms with Crippen LogP contribution >= 0.6 is 23.2 Å². The Kier molecular flexibility index (Phi) is 4.49. The highest BCUT2D eigenvalue weighted by molar-refractivity contribution is 6.35. The molecule has 0 saturated carbocycles. The highest BCUT2D eigenvalue weighted by atomic mass is 35.5. The second-order valence-corrected chi connectivity index (χ2v) is 5.30. The summed E-state index contributed by atoms with van der Waals surface area (Å²) in [6.45, 7) is 5.63. The second-order valence-electron chi connectivity index (χ2n) is 4.48. The van der Waals surface area contributed by atoms with Gasteiger partial charge in [0.15, 0.2) is 0 Å². The van der Waals surface area contributed by atoms with Crippen LogP contribution in [0.2, 0.25) is 10.0 Å². The van der Waals surface area contributed by atoms with Gasteiger partial charge in [-0.1, -0.05) is 29.3 Å². The normalized spacial score (nSPS) is 16.9. The molecule has 0 unspecified atom stereocenters. The molecule has 0 spiro atoms. The lowest BCUT2D eigenvalue weighted by Crippen LogP contribution is -2.47. The average molecular weight is 287 g/mol. The molecule has 1 saturated heterocycles. The first-order valence-electron chi connectivity index (χ1n) is 5.98. The molecule has 1 aliphatic heterocycles. The molecular weight excluding hydrogens is 271 g/mol. The number of hydrogen-bond donors (Lipinski definition) is 0. The summed E-state index contributed by atoms with van der Waals surface area (Å²) in [6.07, 6.45) is 0. The van der Waals surface area contributed by atoms with E-state index in [0.29, 0.717) is 10.0 Å². The average Bonchev–Trinajstić information content (AvgIpc) is 2.34. The van der Waals surface area contributed by atoms with Crippen LogP contribution in [-0.2, 0) is 11.3 Å². The van der Waals surface area contributed by atoms with Gasteiger partial charge >= 0.3 is 0 Å². The van der Waals surface area contributed by atoms with Crippen molar-refractivity contribution in [3.63, 3.8) is 0 Å². The van der Waals surface area contributed by atoms with Crippen LogP contribution in [0.4, 0.5) is 0 Å². The molecule has 0 aliphatic carbocycles. The smallest absolute Gasteiger partial charge is 0.219 e. The fraction of sp³-hybridized carbons (Fsp3) is 0.462. The number of halogens is 2. The molecule has 1 aliphatic rings. The molecule has 0 N–H and O–H groups in total. The zero-order valence-electron chi connectivity index (χ0n) is 10.3. The van der Waals surface area contributed by atoms with Crippen LogP contribution in [0.3, 0.4) is 0 Å². The van der Waals surface area contributed by atoms with Crippen molar-refractivity contribution in [3.05, 3.63) is 33.8 Å². The van der Waals surface area contributed by atoms with Crippen molar-refractivity contribution in [3.8, 4) is 0 Å². The SMILES string of the molecule is CC(=O)N1CCN(Cc2c(Cl)cccc2Cl)CC1. The summed E-state index contributed by atoms with van der Waals surface area (Å²) in [5.41, 5.74) is 0.970. The molecule has 98 valence electrons. The summed E-state index contributed by atoms with van der Waals surface area (Å²) in [5, 5.41) is 1.41. The molecule has 1 heterocycles. The molecule has 0 aromatic heterocycles. The van der Waals surface area contributed by atoms with E-state index in [9.17, 15) is 4.79 Å². The first kappa shape index (κ1) is 13.7. The predicted octanol–water partition coefficient (Wildman–Crippen LogP) is 2.66. The van der Waals surface area contributed by atoms with Crippen LogP contribution < -0.4 is 0 Å². The van der Waals surface area contributed by atoms with Crippen molar-refractivity contribution in [2.24, 2.45) is 0 Å². The van der Waals surface area contributed by atoms with Gasteiger partial charge in [-0.3, -0.25) is 9.69 Å². The van der Waals surface area contributed by atoms with Gasteiger partial charge in [0, 0.05) is 55.3 Å². The van der Waals surface area contributed by atoms with Crippen molar-refractivity contribution in [1.29, 1.82) is 0 Å². The second kappa shape index (κ2) is 5.91. The van der Waals surface area contributed by atoms with E-state index >= 15 is 0 Å². The van der Waals surface area contributed by atoms with Crippen molar-refractivity contribution in [2.45, 2.75) is 13.5 Å². The minimum Gasteiger partial charge on any atom is -0.340 e. The Hall–Kier alpha value is -0.770. The van der Waals surface area contributed by atoms with Crippen LogP contribution in [0.5, 0.6) is 0 Å².